The molecule has 1 aliphatic rings. The second kappa shape index (κ2) is 15.4. The van der Waals surface area contributed by atoms with Gasteiger partial charge in [-0.25, -0.2) is 19.4 Å². The second-order valence-corrected chi connectivity index (χ2v) is 12.6. The molecule has 49 heavy (non-hydrogen) atoms. The largest absolute Gasteiger partial charge is 0.497 e. The lowest BCUT2D eigenvalue weighted by molar-refractivity contribution is -0.192. The summed E-state index contributed by atoms with van der Waals surface area (Å²) in [5.41, 5.74) is 3.29. The van der Waals surface area contributed by atoms with Gasteiger partial charge in [0.1, 0.15) is 22.6 Å². The first-order valence-electron chi connectivity index (χ1n) is 15.5. The standard InChI is InChI=1S/C32H34N6O3S.C2HF3O2/c1-20-21(2)42-32(34-20)36-31(39)23-11-15-26(16-12-23)41-27-17-18-33-30-28(27)29(35-24-7-5-4-6-8-24)37-38(30)19-22-9-13-25(40-3)14-10-22;3-2(4,5)1(6)7/h9-18,24H,4-8,19H2,1-3H3,(H,35,37)(H,34,36,39);(H,6,7). The summed E-state index contributed by atoms with van der Waals surface area (Å²) < 4.78 is 45.4. The highest BCUT2D eigenvalue weighted by Crippen LogP contribution is 2.36. The number of aryl methyl sites for hydroxylation is 2. The minimum atomic E-state index is -5.08. The topological polar surface area (TPSA) is 140 Å². The van der Waals surface area contributed by atoms with Crippen LogP contribution in [0, 0.1) is 13.8 Å². The lowest BCUT2D eigenvalue weighted by Crippen LogP contribution is -2.22. The summed E-state index contributed by atoms with van der Waals surface area (Å²) in [6, 6.07) is 17.3. The number of nitrogens with one attached hydrogen (secondary N) is 2. The fraction of sp³-hybridized carbons (Fsp3) is 0.324. The number of aliphatic carboxylic acids is 1. The molecular weight excluding hydrogens is 661 g/mol. The Kier molecular flexibility index (Phi) is 11.0. The van der Waals surface area contributed by atoms with Gasteiger partial charge in [-0.15, -0.1) is 11.3 Å². The Morgan fingerprint density at radius 2 is 1.65 bits per heavy atom. The number of ether oxygens (including phenoxy) is 2. The predicted molar refractivity (Wildman–Crippen MR) is 180 cm³/mol. The lowest BCUT2D eigenvalue weighted by atomic mass is 9.95. The van der Waals surface area contributed by atoms with Crippen molar-refractivity contribution < 1.29 is 37.3 Å². The maximum atomic E-state index is 12.8. The van der Waals surface area contributed by atoms with Crippen LogP contribution < -0.4 is 20.1 Å². The van der Waals surface area contributed by atoms with Crippen molar-refractivity contribution in [3.8, 4) is 17.2 Å². The highest BCUT2D eigenvalue weighted by atomic mass is 32.1. The Morgan fingerprint density at radius 3 is 2.24 bits per heavy atom. The van der Waals surface area contributed by atoms with E-state index in [9.17, 15) is 18.0 Å². The number of methoxy groups -OCH3 is 1. The van der Waals surface area contributed by atoms with Crippen LogP contribution in [0.15, 0.2) is 60.8 Å². The van der Waals surface area contributed by atoms with Crippen LogP contribution in [0.2, 0.25) is 0 Å². The monoisotopic (exact) mass is 696 g/mol. The first-order valence-corrected chi connectivity index (χ1v) is 16.3. The van der Waals surface area contributed by atoms with Crippen LogP contribution in [0.4, 0.5) is 24.1 Å². The molecule has 1 saturated carbocycles. The minimum Gasteiger partial charge on any atom is -0.497 e. The molecule has 11 nitrogen and oxygen atoms in total. The molecule has 0 atom stereocenters. The number of benzene rings is 2. The Balaban J connectivity index is 0.000000606. The lowest BCUT2D eigenvalue weighted by Gasteiger charge is -2.22. The number of rotatable bonds is 9. The summed E-state index contributed by atoms with van der Waals surface area (Å²) in [6.07, 6.45) is 2.60. The van der Waals surface area contributed by atoms with Gasteiger partial charge in [-0.3, -0.25) is 10.1 Å². The SMILES string of the molecule is COc1ccc(Cn2nc(NC3CCCCC3)c3c(Oc4ccc(C(=O)Nc5nc(C)c(C)s5)cc4)ccnc32)cc1.O=C(O)C(F)(F)F. The maximum absolute atomic E-state index is 12.8. The van der Waals surface area contributed by atoms with E-state index in [2.05, 4.69) is 15.6 Å². The fourth-order valence-corrected chi connectivity index (χ4v) is 6.02. The normalized spacial score (nSPS) is 13.3. The molecule has 1 amide bonds. The van der Waals surface area contributed by atoms with Crippen molar-refractivity contribution in [3.63, 3.8) is 0 Å². The third-order valence-electron chi connectivity index (χ3n) is 7.87. The molecule has 2 aromatic carbocycles. The highest BCUT2D eigenvalue weighted by molar-refractivity contribution is 7.15. The maximum Gasteiger partial charge on any atom is 0.490 e. The third kappa shape index (κ3) is 9.04. The number of nitrogens with zero attached hydrogens (tertiary/aromatic N) is 4. The van der Waals surface area contributed by atoms with Crippen LogP contribution in [0.3, 0.4) is 0 Å². The number of alkyl halides is 3. The van der Waals surface area contributed by atoms with Gasteiger partial charge in [0.2, 0.25) is 0 Å². The Hall–Kier alpha value is -5.18. The Morgan fingerprint density at radius 1 is 1.00 bits per heavy atom. The number of halogens is 3. The van der Waals surface area contributed by atoms with Gasteiger partial charge in [-0.2, -0.15) is 18.3 Å². The third-order valence-corrected chi connectivity index (χ3v) is 8.86. The average Bonchev–Trinajstić information content (AvgIpc) is 3.59. The molecule has 0 radical (unpaired) electrons. The number of hydrogen-bond donors (Lipinski definition) is 3. The van der Waals surface area contributed by atoms with E-state index in [1.165, 1.54) is 30.6 Å². The number of amides is 1. The molecule has 3 N–H and O–H groups in total. The number of pyridine rings is 1. The number of aromatic nitrogens is 4. The van der Waals surface area contributed by atoms with E-state index >= 15 is 0 Å². The van der Waals surface area contributed by atoms with Gasteiger partial charge in [0, 0.05) is 28.7 Å². The summed E-state index contributed by atoms with van der Waals surface area (Å²) in [5.74, 6) is -0.0995. The first kappa shape index (κ1) is 35.1. The van der Waals surface area contributed by atoms with Gasteiger partial charge < -0.3 is 19.9 Å². The summed E-state index contributed by atoms with van der Waals surface area (Å²) in [4.78, 5) is 31.9. The fourth-order valence-electron chi connectivity index (χ4n) is 5.21. The van der Waals surface area contributed by atoms with Gasteiger partial charge in [0.05, 0.1) is 19.3 Å². The molecule has 5 aromatic rings. The van der Waals surface area contributed by atoms with Crippen molar-refractivity contribution in [1.29, 1.82) is 0 Å². The van der Waals surface area contributed by atoms with Crippen LogP contribution in [-0.4, -0.2) is 56.1 Å². The van der Waals surface area contributed by atoms with Crippen LogP contribution in [0.25, 0.3) is 11.0 Å². The molecule has 6 rings (SSSR count). The predicted octanol–water partition coefficient (Wildman–Crippen LogP) is 7.98. The van der Waals surface area contributed by atoms with Crippen LogP contribution >= 0.6 is 11.3 Å². The number of thiazole rings is 1. The van der Waals surface area contributed by atoms with Crippen LogP contribution in [0.1, 0.15) is 58.6 Å². The molecule has 0 saturated heterocycles. The average molecular weight is 697 g/mol. The van der Waals surface area contributed by atoms with E-state index in [0.717, 1.165) is 51.6 Å². The number of carboxylic acid groups (broad SMARTS) is 1. The molecule has 3 heterocycles. The Labute approximate surface area is 284 Å². The van der Waals surface area contributed by atoms with Gasteiger partial charge in [-0.1, -0.05) is 31.4 Å². The van der Waals surface area contributed by atoms with Crippen molar-refractivity contribution in [2.45, 2.75) is 64.7 Å². The van der Waals surface area contributed by atoms with E-state index in [-0.39, 0.29) is 5.91 Å². The number of carbonyl (C=O) groups is 2. The Bertz CT molecular complexity index is 1880. The summed E-state index contributed by atoms with van der Waals surface area (Å²) in [5, 5.41) is 20.1. The van der Waals surface area contributed by atoms with E-state index in [0.29, 0.717) is 34.8 Å². The quantitative estimate of drug-likeness (QED) is 0.140. The summed E-state index contributed by atoms with van der Waals surface area (Å²) in [7, 11) is 1.66. The molecule has 0 unspecified atom stereocenters. The van der Waals surface area contributed by atoms with E-state index < -0.39 is 12.1 Å². The van der Waals surface area contributed by atoms with Crippen molar-refractivity contribution in [3.05, 3.63) is 82.5 Å². The number of carboxylic acids is 1. The number of hydrogen-bond acceptors (Lipinski definition) is 9. The van der Waals surface area contributed by atoms with E-state index in [4.69, 9.17) is 29.5 Å². The molecule has 1 aliphatic carbocycles. The zero-order chi connectivity index (χ0) is 35.1. The summed E-state index contributed by atoms with van der Waals surface area (Å²) in [6.45, 7) is 4.48. The zero-order valence-electron chi connectivity index (χ0n) is 27.0. The van der Waals surface area contributed by atoms with Crippen LogP contribution in [-0.2, 0) is 11.3 Å². The smallest absolute Gasteiger partial charge is 0.490 e. The van der Waals surface area contributed by atoms with Crippen molar-refractivity contribution in [2.75, 3.05) is 17.7 Å². The molecule has 3 aromatic heterocycles. The van der Waals surface area contributed by atoms with Gasteiger partial charge in [-0.05, 0) is 68.7 Å². The molecule has 0 spiro atoms. The van der Waals surface area contributed by atoms with Crippen molar-refractivity contribution in [1.82, 2.24) is 19.7 Å². The van der Waals surface area contributed by atoms with Gasteiger partial charge >= 0.3 is 12.1 Å². The van der Waals surface area contributed by atoms with E-state index in [1.54, 1.807) is 37.6 Å². The number of anilines is 2. The van der Waals surface area contributed by atoms with Crippen molar-refractivity contribution >= 4 is 45.2 Å². The van der Waals surface area contributed by atoms with E-state index in [1.807, 2.05) is 48.9 Å². The number of fused-ring (bicyclic) bond motifs is 1. The van der Waals surface area contributed by atoms with Gasteiger partial charge in [0.25, 0.3) is 5.91 Å². The van der Waals surface area contributed by atoms with Crippen LogP contribution in [0.5, 0.6) is 17.2 Å². The minimum absolute atomic E-state index is 0.208. The molecule has 0 bridgehead atoms. The van der Waals surface area contributed by atoms with Gasteiger partial charge in [0.15, 0.2) is 16.6 Å². The first-order chi connectivity index (χ1) is 23.4. The molecule has 1 fully saturated rings. The molecule has 258 valence electrons. The highest BCUT2D eigenvalue weighted by Gasteiger charge is 2.38. The molecule has 15 heteroatoms. The molecule has 0 aliphatic heterocycles. The van der Waals surface area contributed by atoms with Crippen molar-refractivity contribution in [2.24, 2.45) is 0 Å². The zero-order valence-corrected chi connectivity index (χ0v) is 27.8. The number of carbonyl (C=O) groups excluding carboxylic acids is 1. The second-order valence-electron chi connectivity index (χ2n) is 11.4. The molecular formula is C34H35F3N6O5S. The summed E-state index contributed by atoms with van der Waals surface area (Å²) >= 11 is 1.47.